The van der Waals surface area contributed by atoms with E-state index in [2.05, 4.69) is 24.2 Å². The van der Waals surface area contributed by atoms with Crippen LogP contribution in [0.5, 0.6) is 0 Å². The average molecular weight is 212 g/mol. The van der Waals surface area contributed by atoms with Gasteiger partial charge in [-0.3, -0.25) is 0 Å². The summed E-state index contributed by atoms with van der Waals surface area (Å²) in [5.41, 5.74) is 0.00845. The van der Waals surface area contributed by atoms with Crippen LogP contribution in [-0.4, -0.2) is 48.3 Å². The van der Waals surface area contributed by atoms with Gasteiger partial charge in [0.1, 0.15) is 0 Å². The van der Waals surface area contributed by atoms with E-state index in [0.29, 0.717) is 6.04 Å². The van der Waals surface area contributed by atoms with Gasteiger partial charge in [-0.25, -0.2) is 0 Å². The van der Waals surface area contributed by atoms with E-state index >= 15 is 0 Å². The predicted molar refractivity (Wildman–Crippen MR) is 61.9 cm³/mol. The maximum atomic E-state index is 9.60. The van der Waals surface area contributed by atoms with Crippen LogP contribution < -0.4 is 5.32 Å². The highest BCUT2D eigenvalue weighted by Crippen LogP contribution is 2.31. The molecule has 2 unspecified atom stereocenters. The summed E-state index contributed by atoms with van der Waals surface area (Å²) in [5, 5.41) is 13.2. The van der Waals surface area contributed by atoms with E-state index in [0.717, 1.165) is 31.8 Å². The maximum Gasteiger partial charge on any atom is 0.0614 e. The molecule has 2 atom stereocenters. The highest BCUT2D eigenvalue weighted by Gasteiger charge is 2.37. The van der Waals surface area contributed by atoms with Gasteiger partial charge in [0.15, 0.2) is 0 Å². The summed E-state index contributed by atoms with van der Waals surface area (Å²) in [4.78, 5) is 2.38. The van der Waals surface area contributed by atoms with E-state index in [9.17, 15) is 5.11 Å². The smallest absolute Gasteiger partial charge is 0.0614 e. The normalized spacial score (nSPS) is 38.2. The van der Waals surface area contributed by atoms with Gasteiger partial charge in [0.05, 0.1) is 6.61 Å². The largest absolute Gasteiger partial charge is 0.394 e. The first-order chi connectivity index (χ1) is 7.15. The fraction of sp³-hybridized carbons (Fsp3) is 1.00. The van der Waals surface area contributed by atoms with E-state index in [1.54, 1.807) is 0 Å². The fourth-order valence-electron chi connectivity index (χ4n) is 2.48. The summed E-state index contributed by atoms with van der Waals surface area (Å²) in [6, 6.07) is 0.581. The molecule has 0 aromatic rings. The molecule has 88 valence electrons. The average Bonchev–Trinajstić information content (AvgIpc) is 3.04. The molecule has 3 heteroatoms. The highest BCUT2D eigenvalue weighted by molar-refractivity contribution is 4.96. The third-order valence-corrected chi connectivity index (χ3v) is 4.15. The first-order valence-corrected chi connectivity index (χ1v) is 6.21. The number of nitrogens with zero attached hydrogens (tertiary/aromatic N) is 1. The standard InChI is InChI=1S/C12H24N2O/c1-10-7-12(9-15,5-6-14(10)2)13-8-11-3-4-11/h10-11,13,15H,3-9H2,1-2H3. The molecular formula is C12H24N2O. The molecule has 0 aromatic heterocycles. The molecule has 0 amide bonds. The number of rotatable bonds is 4. The van der Waals surface area contributed by atoms with Crippen molar-refractivity contribution < 1.29 is 5.11 Å². The van der Waals surface area contributed by atoms with Crippen molar-refractivity contribution >= 4 is 0 Å². The Labute approximate surface area is 92.8 Å². The molecule has 0 spiro atoms. The molecule has 1 saturated carbocycles. The second-order valence-electron chi connectivity index (χ2n) is 5.55. The third-order valence-electron chi connectivity index (χ3n) is 4.15. The van der Waals surface area contributed by atoms with Crippen molar-refractivity contribution in [3.8, 4) is 0 Å². The van der Waals surface area contributed by atoms with Crippen LogP contribution in [0.2, 0.25) is 0 Å². The van der Waals surface area contributed by atoms with Crippen molar-refractivity contribution in [3.05, 3.63) is 0 Å². The van der Waals surface area contributed by atoms with Gasteiger partial charge >= 0.3 is 0 Å². The number of piperidine rings is 1. The molecule has 0 bridgehead atoms. The van der Waals surface area contributed by atoms with Crippen LogP contribution in [0.1, 0.15) is 32.6 Å². The highest BCUT2D eigenvalue weighted by atomic mass is 16.3. The monoisotopic (exact) mass is 212 g/mol. The van der Waals surface area contributed by atoms with E-state index in [-0.39, 0.29) is 12.1 Å². The fourth-order valence-corrected chi connectivity index (χ4v) is 2.48. The Morgan fingerprint density at radius 3 is 2.73 bits per heavy atom. The molecule has 0 aromatic carbocycles. The minimum atomic E-state index is 0.00845. The molecule has 1 aliphatic carbocycles. The molecule has 1 aliphatic heterocycles. The van der Waals surface area contributed by atoms with Gasteiger partial charge in [0, 0.05) is 11.6 Å². The molecule has 1 saturated heterocycles. The third kappa shape index (κ3) is 2.71. The lowest BCUT2D eigenvalue weighted by molar-refractivity contribution is 0.0586. The topological polar surface area (TPSA) is 35.5 Å². The lowest BCUT2D eigenvalue weighted by Crippen LogP contribution is -2.58. The zero-order chi connectivity index (χ0) is 10.9. The quantitative estimate of drug-likeness (QED) is 0.724. The van der Waals surface area contributed by atoms with Crippen molar-refractivity contribution in [1.82, 2.24) is 10.2 Å². The second-order valence-corrected chi connectivity index (χ2v) is 5.55. The van der Waals surface area contributed by atoms with Crippen molar-refractivity contribution in [3.63, 3.8) is 0 Å². The molecule has 3 nitrogen and oxygen atoms in total. The Hall–Kier alpha value is -0.120. The number of likely N-dealkylation sites (tertiary alicyclic amines) is 1. The molecule has 2 aliphatic rings. The van der Waals surface area contributed by atoms with Crippen LogP contribution in [0.3, 0.4) is 0 Å². The van der Waals surface area contributed by atoms with Crippen molar-refractivity contribution in [2.75, 3.05) is 26.7 Å². The van der Waals surface area contributed by atoms with E-state index in [1.807, 2.05) is 0 Å². The lowest BCUT2D eigenvalue weighted by atomic mass is 9.84. The minimum Gasteiger partial charge on any atom is -0.394 e. The Morgan fingerprint density at radius 2 is 2.20 bits per heavy atom. The predicted octanol–water partition coefficient (Wildman–Crippen LogP) is 0.831. The lowest BCUT2D eigenvalue weighted by Gasteiger charge is -2.44. The summed E-state index contributed by atoms with van der Waals surface area (Å²) < 4.78 is 0. The van der Waals surface area contributed by atoms with Crippen molar-refractivity contribution in [2.45, 2.75) is 44.2 Å². The Morgan fingerprint density at radius 1 is 1.47 bits per heavy atom. The number of nitrogens with one attached hydrogen (secondary N) is 1. The second kappa shape index (κ2) is 4.40. The van der Waals surface area contributed by atoms with Crippen molar-refractivity contribution in [1.29, 1.82) is 0 Å². The molecule has 2 fully saturated rings. The van der Waals surface area contributed by atoms with Crippen LogP contribution in [0, 0.1) is 5.92 Å². The number of hydrogen-bond donors (Lipinski definition) is 2. The van der Waals surface area contributed by atoms with Gasteiger partial charge in [-0.15, -0.1) is 0 Å². The Kier molecular flexibility index (Phi) is 3.33. The zero-order valence-electron chi connectivity index (χ0n) is 10.00. The van der Waals surface area contributed by atoms with Crippen LogP contribution >= 0.6 is 0 Å². The van der Waals surface area contributed by atoms with Gasteiger partial charge in [-0.1, -0.05) is 0 Å². The molecule has 2 rings (SSSR count). The van der Waals surface area contributed by atoms with Gasteiger partial charge < -0.3 is 15.3 Å². The maximum absolute atomic E-state index is 9.60. The SMILES string of the molecule is CC1CC(CO)(NCC2CC2)CCN1C. The van der Waals surface area contributed by atoms with Crippen LogP contribution in [0.25, 0.3) is 0 Å². The number of aliphatic hydroxyl groups is 1. The van der Waals surface area contributed by atoms with Crippen LogP contribution in [-0.2, 0) is 0 Å². The number of hydrogen-bond acceptors (Lipinski definition) is 3. The zero-order valence-corrected chi connectivity index (χ0v) is 10.00. The molecule has 2 N–H and O–H groups in total. The van der Waals surface area contributed by atoms with Crippen LogP contribution in [0.4, 0.5) is 0 Å². The summed E-state index contributed by atoms with van der Waals surface area (Å²) in [6.07, 6.45) is 4.91. The first-order valence-electron chi connectivity index (χ1n) is 6.21. The van der Waals surface area contributed by atoms with E-state index in [1.165, 1.54) is 12.8 Å². The summed E-state index contributed by atoms with van der Waals surface area (Å²) in [5.74, 6) is 0.892. The van der Waals surface area contributed by atoms with Gasteiger partial charge in [-0.2, -0.15) is 0 Å². The van der Waals surface area contributed by atoms with Gasteiger partial charge in [-0.05, 0) is 58.7 Å². The summed E-state index contributed by atoms with van der Waals surface area (Å²) in [6.45, 7) is 4.75. The van der Waals surface area contributed by atoms with Crippen molar-refractivity contribution in [2.24, 2.45) is 5.92 Å². The molecular weight excluding hydrogens is 188 g/mol. The van der Waals surface area contributed by atoms with Crippen LogP contribution in [0.15, 0.2) is 0 Å². The molecule has 15 heavy (non-hydrogen) atoms. The molecule has 1 heterocycles. The summed E-state index contributed by atoms with van der Waals surface area (Å²) >= 11 is 0. The van der Waals surface area contributed by atoms with Gasteiger partial charge in [0.25, 0.3) is 0 Å². The Balaban J connectivity index is 1.88. The Bertz CT molecular complexity index is 218. The van der Waals surface area contributed by atoms with E-state index in [4.69, 9.17) is 0 Å². The van der Waals surface area contributed by atoms with Gasteiger partial charge in [0.2, 0.25) is 0 Å². The number of aliphatic hydroxyl groups excluding tert-OH is 1. The van der Waals surface area contributed by atoms with E-state index < -0.39 is 0 Å². The minimum absolute atomic E-state index is 0.00845. The summed E-state index contributed by atoms with van der Waals surface area (Å²) in [7, 11) is 2.17. The molecule has 0 radical (unpaired) electrons. The first kappa shape index (κ1) is 11.4.